The molecule has 0 bridgehead atoms. The number of morpholine rings is 1. The van der Waals surface area contributed by atoms with Crippen LogP contribution < -0.4 is 4.74 Å². The van der Waals surface area contributed by atoms with Crippen LogP contribution in [0.1, 0.15) is 36.0 Å². The van der Waals surface area contributed by atoms with Crippen molar-refractivity contribution < 1.29 is 14.3 Å². The van der Waals surface area contributed by atoms with Crippen molar-refractivity contribution in [3.05, 3.63) is 57.7 Å². The van der Waals surface area contributed by atoms with Gasteiger partial charge in [0.1, 0.15) is 6.10 Å². The summed E-state index contributed by atoms with van der Waals surface area (Å²) in [6.45, 7) is 5.03. The van der Waals surface area contributed by atoms with Gasteiger partial charge in [-0.25, -0.2) is 4.98 Å². The molecule has 1 amide bonds. The number of hydrogen-bond acceptors (Lipinski definition) is 4. The normalized spacial score (nSPS) is 20.1. The van der Waals surface area contributed by atoms with Gasteiger partial charge < -0.3 is 14.4 Å². The fourth-order valence-corrected chi connectivity index (χ4v) is 3.35. The highest BCUT2D eigenvalue weighted by Crippen LogP contribution is 2.31. The number of ether oxygens (including phenoxy) is 2. The standard InChI is InChI=1S/C19H20Cl2N2O3/c1-3-25-17-9-8-15(21)18(22-17)19(24)23-10-16(26-11-12(23)2)13-6-4-5-7-14(13)20/h4-9,12,16H,3,10-11H2,1-2H3. The van der Waals surface area contributed by atoms with E-state index in [1.807, 2.05) is 38.1 Å². The number of aromatic nitrogens is 1. The molecule has 1 aliphatic heterocycles. The number of benzene rings is 1. The molecule has 0 saturated carbocycles. The lowest BCUT2D eigenvalue weighted by Gasteiger charge is -2.38. The summed E-state index contributed by atoms with van der Waals surface area (Å²) in [5, 5.41) is 0.917. The van der Waals surface area contributed by atoms with E-state index in [2.05, 4.69) is 4.98 Å². The first kappa shape index (κ1) is 19.0. The summed E-state index contributed by atoms with van der Waals surface area (Å²) < 4.78 is 11.3. The van der Waals surface area contributed by atoms with Crippen LogP contribution in [-0.4, -0.2) is 41.6 Å². The minimum absolute atomic E-state index is 0.102. The number of amides is 1. The second-order valence-corrected chi connectivity index (χ2v) is 6.88. The van der Waals surface area contributed by atoms with Crippen LogP contribution in [0.5, 0.6) is 5.88 Å². The second-order valence-electron chi connectivity index (χ2n) is 6.06. The average Bonchev–Trinajstić information content (AvgIpc) is 2.64. The minimum atomic E-state index is -0.294. The maximum absolute atomic E-state index is 13.1. The van der Waals surface area contributed by atoms with Crippen LogP contribution in [0.4, 0.5) is 0 Å². The fourth-order valence-electron chi connectivity index (χ4n) is 2.90. The van der Waals surface area contributed by atoms with Gasteiger partial charge in [0, 0.05) is 16.7 Å². The fraction of sp³-hybridized carbons (Fsp3) is 0.368. The van der Waals surface area contributed by atoms with Crippen LogP contribution in [0, 0.1) is 0 Å². The van der Waals surface area contributed by atoms with Crippen LogP contribution in [0.3, 0.4) is 0 Å². The average molecular weight is 395 g/mol. The topological polar surface area (TPSA) is 51.7 Å². The molecule has 1 saturated heterocycles. The highest BCUT2D eigenvalue weighted by molar-refractivity contribution is 6.33. The highest BCUT2D eigenvalue weighted by Gasteiger charge is 2.33. The van der Waals surface area contributed by atoms with Crippen LogP contribution in [0.25, 0.3) is 0 Å². The molecule has 26 heavy (non-hydrogen) atoms. The summed E-state index contributed by atoms with van der Waals surface area (Å²) in [5.74, 6) is 0.133. The van der Waals surface area contributed by atoms with Gasteiger partial charge in [-0.05, 0) is 26.0 Å². The molecule has 138 valence electrons. The van der Waals surface area contributed by atoms with Crippen molar-refractivity contribution in [3.8, 4) is 5.88 Å². The summed E-state index contributed by atoms with van der Waals surface area (Å²) in [4.78, 5) is 19.1. The zero-order chi connectivity index (χ0) is 18.7. The molecule has 3 rings (SSSR count). The van der Waals surface area contributed by atoms with Crippen molar-refractivity contribution in [1.29, 1.82) is 0 Å². The molecule has 1 aliphatic rings. The summed E-state index contributed by atoms with van der Waals surface area (Å²) in [6, 6.07) is 10.7. The maximum Gasteiger partial charge on any atom is 0.274 e. The Balaban J connectivity index is 1.86. The Morgan fingerprint density at radius 1 is 1.27 bits per heavy atom. The Bertz CT molecular complexity index is 800. The van der Waals surface area contributed by atoms with Gasteiger partial charge >= 0.3 is 0 Å². The first-order chi connectivity index (χ1) is 12.5. The van der Waals surface area contributed by atoms with Gasteiger partial charge in [-0.3, -0.25) is 4.79 Å². The second kappa shape index (κ2) is 8.25. The number of hydrogen-bond donors (Lipinski definition) is 0. The van der Waals surface area contributed by atoms with Crippen molar-refractivity contribution in [2.75, 3.05) is 19.8 Å². The van der Waals surface area contributed by atoms with Gasteiger partial charge in [0.05, 0.1) is 30.8 Å². The molecular weight excluding hydrogens is 375 g/mol. The lowest BCUT2D eigenvalue weighted by Crippen LogP contribution is -2.48. The van der Waals surface area contributed by atoms with Gasteiger partial charge in [-0.1, -0.05) is 41.4 Å². The summed E-state index contributed by atoms with van der Waals surface area (Å²) >= 11 is 12.5. The molecule has 5 nitrogen and oxygen atoms in total. The molecule has 2 atom stereocenters. The van der Waals surface area contributed by atoms with Gasteiger partial charge in [0.25, 0.3) is 5.91 Å². The van der Waals surface area contributed by atoms with Crippen molar-refractivity contribution in [2.45, 2.75) is 26.0 Å². The molecule has 1 aromatic heterocycles. The molecule has 1 fully saturated rings. The Morgan fingerprint density at radius 3 is 2.77 bits per heavy atom. The Kier molecular flexibility index (Phi) is 6.01. The molecule has 0 spiro atoms. The van der Waals surface area contributed by atoms with Crippen LogP contribution in [0.15, 0.2) is 36.4 Å². The highest BCUT2D eigenvalue weighted by atomic mass is 35.5. The van der Waals surface area contributed by atoms with E-state index < -0.39 is 0 Å². The molecule has 1 aromatic carbocycles. The SMILES string of the molecule is CCOc1ccc(Cl)c(C(=O)N2CC(c3ccccc3Cl)OCC2C)n1. The third-order valence-corrected chi connectivity index (χ3v) is 4.91. The predicted molar refractivity (Wildman–Crippen MR) is 101 cm³/mol. The van der Waals surface area contributed by atoms with Crippen molar-refractivity contribution in [2.24, 2.45) is 0 Å². The smallest absolute Gasteiger partial charge is 0.274 e. The number of halogens is 2. The summed E-state index contributed by atoms with van der Waals surface area (Å²) in [5.41, 5.74) is 1.05. The van der Waals surface area contributed by atoms with E-state index in [0.717, 1.165) is 5.56 Å². The monoisotopic (exact) mass is 394 g/mol. The van der Waals surface area contributed by atoms with E-state index in [0.29, 0.717) is 35.7 Å². The zero-order valence-electron chi connectivity index (χ0n) is 14.6. The molecule has 0 N–H and O–H groups in total. The van der Waals surface area contributed by atoms with E-state index >= 15 is 0 Å². The van der Waals surface area contributed by atoms with Gasteiger partial charge in [-0.2, -0.15) is 0 Å². The van der Waals surface area contributed by atoms with Crippen LogP contribution in [0.2, 0.25) is 10.0 Å². The van der Waals surface area contributed by atoms with Gasteiger partial charge in [0.2, 0.25) is 5.88 Å². The number of rotatable bonds is 4. The molecule has 0 aliphatic carbocycles. The van der Waals surface area contributed by atoms with E-state index in [1.165, 1.54) is 0 Å². The van der Waals surface area contributed by atoms with Crippen LogP contribution in [-0.2, 0) is 4.74 Å². The van der Waals surface area contributed by atoms with Crippen molar-refractivity contribution in [3.63, 3.8) is 0 Å². The molecule has 2 heterocycles. The maximum atomic E-state index is 13.1. The van der Waals surface area contributed by atoms with Crippen molar-refractivity contribution in [1.82, 2.24) is 9.88 Å². The van der Waals surface area contributed by atoms with E-state index in [4.69, 9.17) is 32.7 Å². The Hall–Kier alpha value is -1.82. The Labute approximate surface area is 162 Å². The lowest BCUT2D eigenvalue weighted by atomic mass is 10.1. The van der Waals surface area contributed by atoms with E-state index in [-0.39, 0.29) is 23.7 Å². The number of nitrogens with zero attached hydrogens (tertiary/aromatic N) is 2. The first-order valence-electron chi connectivity index (χ1n) is 8.47. The van der Waals surface area contributed by atoms with Gasteiger partial charge in [-0.15, -0.1) is 0 Å². The molecular formula is C19H20Cl2N2O3. The number of carbonyl (C=O) groups is 1. The van der Waals surface area contributed by atoms with Crippen LogP contribution >= 0.6 is 23.2 Å². The molecule has 2 aromatic rings. The third kappa shape index (κ3) is 3.95. The summed E-state index contributed by atoms with van der Waals surface area (Å²) in [6.07, 6.45) is -0.294. The summed E-state index contributed by atoms with van der Waals surface area (Å²) in [7, 11) is 0. The van der Waals surface area contributed by atoms with E-state index in [9.17, 15) is 4.79 Å². The van der Waals surface area contributed by atoms with Crippen molar-refractivity contribution >= 4 is 29.1 Å². The quantitative estimate of drug-likeness (QED) is 0.771. The number of pyridine rings is 1. The van der Waals surface area contributed by atoms with E-state index in [1.54, 1.807) is 17.0 Å². The Morgan fingerprint density at radius 2 is 2.04 bits per heavy atom. The molecule has 2 unspecified atom stereocenters. The third-order valence-electron chi connectivity index (χ3n) is 4.26. The lowest BCUT2D eigenvalue weighted by molar-refractivity contribution is -0.0488. The predicted octanol–water partition coefficient (Wildman–Crippen LogP) is 4.39. The first-order valence-corrected chi connectivity index (χ1v) is 9.23. The molecule has 7 heteroatoms. The van der Waals surface area contributed by atoms with Gasteiger partial charge in [0.15, 0.2) is 5.69 Å². The largest absolute Gasteiger partial charge is 0.478 e. The molecule has 0 radical (unpaired) electrons. The zero-order valence-corrected chi connectivity index (χ0v) is 16.1. The number of carbonyl (C=O) groups excluding carboxylic acids is 1. The minimum Gasteiger partial charge on any atom is -0.478 e.